The molecule has 0 saturated carbocycles. The van der Waals surface area contributed by atoms with Gasteiger partial charge in [0.05, 0.1) is 0 Å². The zero-order valence-electron chi connectivity index (χ0n) is 8.09. The van der Waals surface area contributed by atoms with Crippen molar-refractivity contribution in [2.24, 2.45) is 0 Å². The molecule has 0 unspecified atom stereocenters. The Bertz CT molecular complexity index is 349. The van der Waals surface area contributed by atoms with Gasteiger partial charge in [0.2, 0.25) is 0 Å². The standard InChI is InChI=1S/C12H11NS2/c1-3-7-11(8-4-1)13-15-14-12-9-5-2-6-10-12/h1-10,13H. The molecule has 2 aromatic carbocycles. The molecule has 0 radical (unpaired) electrons. The average Bonchev–Trinajstić information content (AvgIpc) is 2.32. The largest absolute Gasteiger partial charge is 0.320 e. The predicted molar refractivity (Wildman–Crippen MR) is 70.0 cm³/mol. The van der Waals surface area contributed by atoms with Crippen LogP contribution in [0, 0.1) is 0 Å². The summed E-state index contributed by atoms with van der Waals surface area (Å²) < 4.78 is 3.27. The topological polar surface area (TPSA) is 12.0 Å². The summed E-state index contributed by atoms with van der Waals surface area (Å²) in [6, 6.07) is 20.5. The van der Waals surface area contributed by atoms with E-state index in [4.69, 9.17) is 0 Å². The Morgan fingerprint density at radius 2 is 1.33 bits per heavy atom. The maximum Gasteiger partial charge on any atom is 0.0447 e. The Morgan fingerprint density at radius 1 is 0.733 bits per heavy atom. The van der Waals surface area contributed by atoms with E-state index >= 15 is 0 Å². The first-order valence-electron chi connectivity index (χ1n) is 4.65. The van der Waals surface area contributed by atoms with Crippen LogP contribution >= 0.6 is 21.8 Å². The molecule has 1 nitrogen and oxygen atoms in total. The maximum absolute atomic E-state index is 3.27. The lowest BCUT2D eigenvalue weighted by Crippen LogP contribution is -1.81. The van der Waals surface area contributed by atoms with Crippen LogP contribution in [-0.2, 0) is 0 Å². The Labute approximate surface area is 97.8 Å². The van der Waals surface area contributed by atoms with Gasteiger partial charge in [0.15, 0.2) is 0 Å². The van der Waals surface area contributed by atoms with Crippen LogP contribution in [0.5, 0.6) is 0 Å². The summed E-state index contributed by atoms with van der Waals surface area (Å²) in [6.07, 6.45) is 0. The van der Waals surface area contributed by atoms with Gasteiger partial charge >= 0.3 is 0 Å². The summed E-state index contributed by atoms with van der Waals surface area (Å²) in [5.41, 5.74) is 1.13. The van der Waals surface area contributed by atoms with E-state index < -0.39 is 0 Å². The van der Waals surface area contributed by atoms with Crippen LogP contribution in [0.2, 0.25) is 0 Å². The minimum Gasteiger partial charge on any atom is -0.320 e. The van der Waals surface area contributed by atoms with Crippen LogP contribution in [0.3, 0.4) is 0 Å². The van der Waals surface area contributed by atoms with Crippen LogP contribution in [0.1, 0.15) is 0 Å². The molecular formula is C12H11NS2. The summed E-state index contributed by atoms with van der Waals surface area (Å²) in [5.74, 6) is 0. The second-order valence-electron chi connectivity index (χ2n) is 2.95. The SMILES string of the molecule is c1ccc(NSSc2ccccc2)cc1. The smallest absolute Gasteiger partial charge is 0.0447 e. The second kappa shape index (κ2) is 5.73. The molecule has 0 aromatic heterocycles. The number of benzene rings is 2. The fourth-order valence-electron chi connectivity index (χ4n) is 1.10. The van der Waals surface area contributed by atoms with E-state index in [1.165, 1.54) is 4.90 Å². The van der Waals surface area contributed by atoms with Crippen molar-refractivity contribution in [3.05, 3.63) is 60.7 Å². The molecule has 0 atom stereocenters. The minimum absolute atomic E-state index is 1.13. The molecule has 76 valence electrons. The quantitative estimate of drug-likeness (QED) is 0.619. The van der Waals surface area contributed by atoms with Crippen molar-refractivity contribution in [2.45, 2.75) is 4.90 Å². The summed E-state index contributed by atoms with van der Waals surface area (Å²) in [7, 11) is 3.35. The van der Waals surface area contributed by atoms with Crippen molar-refractivity contribution in [3.63, 3.8) is 0 Å². The number of hydrogen-bond acceptors (Lipinski definition) is 3. The van der Waals surface area contributed by atoms with E-state index in [0.717, 1.165) is 5.69 Å². The highest BCUT2D eigenvalue weighted by Crippen LogP contribution is 2.31. The van der Waals surface area contributed by atoms with Crippen molar-refractivity contribution in [1.82, 2.24) is 0 Å². The average molecular weight is 233 g/mol. The lowest BCUT2D eigenvalue weighted by Gasteiger charge is -2.03. The van der Waals surface area contributed by atoms with E-state index in [9.17, 15) is 0 Å². The van der Waals surface area contributed by atoms with Gasteiger partial charge in [-0.2, -0.15) is 0 Å². The molecule has 0 fully saturated rings. The molecular weight excluding hydrogens is 222 g/mol. The highest BCUT2D eigenvalue weighted by atomic mass is 33.1. The molecule has 0 aliphatic carbocycles. The van der Waals surface area contributed by atoms with E-state index in [-0.39, 0.29) is 0 Å². The zero-order chi connectivity index (χ0) is 10.3. The summed E-state index contributed by atoms with van der Waals surface area (Å²) >= 11 is 0. The molecule has 0 aliphatic heterocycles. The fraction of sp³-hybridized carbons (Fsp3) is 0. The van der Waals surface area contributed by atoms with Crippen LogP contribution in [-0.4, -0.2) is 0 Å². The molecule has 3 heteroatoms. The lowest BCUT2D eigenvalue weighted by atomic mass is 10.3. The Morgan fingerprint density at radius 3 is 2.00 bits per heavy atom. The third-order valence-corrected chi connectivity index (χ3v) is 3.76. The number of para-hydroxylation sites is 1. The number of rotatable bonds is 4. The van der Waals surface area contributed by atoms with Crippen LogP contribution in [0.4, 0.5) is 5.69 Å². The highest BCUT2D eigenvalue weighted by molar-refractivity contribution is 8.77. The van der Waals surface area contributed by atoms with Crippen LogP contribution in [0.25, 0.3) is 0 Å². The summed E-state index contributed by atoms with van der Waals surface area (Å²) in [6.45, 7) is 0. The van der Waals surface area contributed by atoms with Gasteiger partial charge in [-0.3, -0.25) is 0 Å². The Hall–Kier alpha value is -1.06. The van der Waals surface area contributed by atoms with Gasteiger partial charge in [-0.25, -0.2) is 0 Å². The third-order valence-electron chi connectivity index (χ3n) is 1.81. The van der Waals surface area contributed by atoms with Gasteiger partial charge in [-0.1, -0.05) is 36.4 Å². The molecule has 0 saturated heterocycles. The Balaban J connectivity index is 1.81. The van der Waals surface area contributed by atoms with Gasteiger partial charge in [-0.05, 0) is 35.1 Å². The molecule has 0 amide bonds. The molecule has 2 aromatic rings. The third kappa shape index (κ3) is 3.53. The van der Waals surface area contributed by atoms with Crippen molar-refractivity contribution in [1.29, 1.82) is 0 Å². The predicted octanol–water partition coefficient (Wildman–Crippen LogP) is 4.45. The highest BCUT2D eigenvalue weighted by Gasteiger charge is 1.93. The van der Waals surface area contributed by atoms with Gasteiger partial charge in [0.25, 0.3) is 0 Å². The van der Waals surface area contributed by atoms with Crippen molar-refractivity contribution < 1.29 is 0 Å². The van der Waals surface area contributed by atoms with E-state index in [2.05, 4.69) is 29.0 Å². The first kappa shape index (κ1) is 10.5. The van der Waals surface area contributed by atoms with Gasteiger partial charge in [-0.15, -0.1) is 0 Å². The van der Waals surface area contributed by atoms with Crippen molar-refractivity contribution >= 4 is 27.5 Å². The van der Waals surface area contributed by atoms with Crippen LogP contribution < -0.4 is 4.72 Å². The molecule has 15 heavy (non-hydrogen) atoms. The van der Waals surface area contributed by atoms with Crippen molar-refractivity contribution in [3.8, 4) is 0 Å². The molecule has 0 aliphatic rings. The van der Waals surface area contributed by atoms with Gasteiger partial charge in [0.1, 0.15) is 0 Å². The number of nitrogens with one attached hydrogen (secondary N) is 1. The lowest BCUT2D eigenvalue weighted by molar-refractivity contribution is 1.48. The number of anilines is 1. The van der Waals surface area contributed by atoms with Gasteiger partial charge in [0, 0.05) is 21.6 Å². The van der Waals surface area contributed by atoms with E-state index in [0.29, 0.717) is 0 Å². The molecule has 0 spiro atoms. The minimum atomic E-state index is 1.13. The molecule has 2 rings (SSSR count). The summed E-state index contributed by atoms with van der Waals surface area (Å²) in [5, 5.41) is 0. The molecule has 0 heterocycles. The van der Waals surface area contributed by atoms with Gasteiger partial charge < -0.3 is 4.72 Å². The van der Waals surface area contributed by atoms with E-state index in [1.807, 2.05) is 36.4 Å². The molecule has 0 bridgehead atoms. The maximum atomic E-state index is 3.27. The zero-order valence-corrected chi connectivity index (χ0v) is 9.72. The van der Waals surface area contributed by atoms with Crippen LogP contribution in [0.15, 0.2) is 65.6 Å². The monoisotopic (exact) mass is 233 g/mol. The first-order chi connectivity index (χ1) is 7.45. The van der Waals surface area contributed by atoms with Crippen molar-refractivity contribution in [2.75, 3.05) is 4.72 Å². The second-order valence-corrected chi connectivity index (χ2v) is 4.96. The fourth-order valence-corrected chi connectivity index (χ4v) is 2.77. The number of hydrogen-bond donors (Lipinski definition) is 1. The summed E-state index contributed by atoms with van der Waals surface area (Å²) in [4.78, 5) is 1.26. The van der Waals surface area contributed by atoms with E-state index in [1.54, 1.807) is 21.8 Å². The first-order valence-corrected chi connectivity index (χ1v) is 6.80. The Kier molecular flexibility index (Phi) is 4.00. The normalized spacial score (nSPS) is 9.87. The molecule has 1 N–H and O–H groups in total.